The van der Waals surface area contributed by atoms with Gasteiger partial charge in [-0.3, -0.25) is 10.1 Å². The van der Waals surface area contributed by atoms with Gasteiger partial charge in [0, 0.05) is 11.8 Å². The molecule has 0 aliphatic rings. The summed E-state index contributed by atoms with van der Waals surface area (Å²) in [6.45, 7) is 1.88. The van der Waals surface area contributed by atoms with Crippen LogP contribution in [0.2, 0.25) is 0 Å². The second-order valence-corrected chi connectivity index (χ2v) is 4.75. The van der Waals surface area contributed by atoms with Crippen molar-refractivity contribution in [1.82, 2.24) is 5.32 Å². The number of phenolic OH excluding ortho intramolecular Hbond substituents is 1. The van der Waals surface area contributed by atoms with E-state index in [9.17, 15) is 14.7 Å². The number of carbonyl (C=O) groups excluding carboxylic acids is 2. The Kier molecular flexibility index (Phi) is 5.32. The number of phenols is 1. The number of nitrogens with one attached hydrogen (secondary N) is 2. The van der Waals surface area contributed by atoms with Crippen molar-refractivity contribution in [1.29, 1.82) is 0 Å². The summed E-state index contributed by atoms with van der Waals surface area (Å²) in [6.07, 6.45) is 1.37. The van der Waals surface area contributed by atoms with Crippen molar-refractivity contribution in [2.75, 3.05) is 11.9 Å². The lowest BCUT2D eigenvalue weighted by atomic mass is 10.2. The summed E-state index contributed by atoms with van der Waals surface area (Å²) < 4.78 is 9.75. The Balaban J connectivity index is 2.00. The second kappa shape index (κ2) is 7.41. The monoisotopic (exact) mass is 334 g/mol. The van der Waals surface area contributed by atoms with E-state index in [1.165, 1.54) is 30.5 Å². The van der Waals surface area contributed by atoms with Gasteiger partial charge in [-0.15, -0.1) is 0 Å². The van der Waals surface area contributed by atoms with Gasteiger partial charge in [-0.05, 0) is 43.4 Å². The molecular weight excluding hydrogens is 320 g/mol. The molecule has 23 heavy (non-hydrogen) atoms. The van der Waals surface area contributed by atoms with Crippen LogP contribution in [0.25, 0.3) is 0 Å². The van der Waals surface area contributed by atoms with E-state index in [1.807, 2.05) is 0 Å². The zero-order chi connectivity index (χ0) is 16.8. The molecule has 120 valence electrons. The summed E-state index contributed by atoms with van der Waals surface area (Å²) in [5.74, 6) is -1.26. The van der Waals surface area contributed by atoms with Crippen LogP contribution in [0.4, 0.5) is 5.69 Å². The maximum absolute atomic E-state index is 11.7. The molecule has 0 fully saturated rings. The zero-order valence-electron chi connectivity index (χ0n) is 12.2. The standard InChI is InChI=1S/C15H14N2O5S/c1-2-21-14(20)10-6-5-9(8-11(10)18)16-15(23)17-13(19)12-4-3-7-22-12/h3-8,18H,2H2,1H3,(H2,16,17,19,23). The van der Waals surface area contributed by atoms with Gasteiger partial charge < -0.3 is 19.6 Å². The molecular formula is C15H14N2O5S. The number of esters is 1. The summed E-state index contributed by atoms with van der Waals surface area (Å²) in [5.41, 5.74) is 0.447. The molecule has 0 aliphatic carbocycles. The third kappa shape index (κ3) is 4.30. The molecule has 1 aromatic carbocycles. The molecule has 0 radical (unpaired) electrons. The van der Waals surface area contributed by atoms with Crippen LogP contribution in [0.1, 0.15) is 27.8 Å². The largest absolute Gasteiger partial charge is 0.507 e. The Bertz CT molecular complexity index is 727. The highest BCUT2D eigenvalue weighted by Gasteiger charge is 2.14. The molecule has 8 heteroatoms. The summed E-state index contributed by atoms with van der Waals surface area (Å²) in [4.78, 5) is 23.3. The summed E-state index contributed by atoms with van der Waals surface area (Å²) >= 11 is 5.00. The van der Waals surface area contributed by atoms with Crippen molar-refractivity contribution in [2.24, 2.45) is 0 Å². The van der Waals surface area contributed by atoms with Gasteiger partial charge in [-0.2, -0.15) is 0 Å². The van der Waals surface area contributed by atoms with E-state index < -0.39 is 11.9 Å². The first-order chi connectivity index (χ1) is 11.0. The van der Waals surface area contributed by atoms with Crippen LogP contribution in [-0.2, 0) is 4.74 Å². The van der Waals surface area contributed by atoms with Crippen LogP contribution in [0, 0.1) is 0 Å². The number of hydrogen-bond donors (Lipinski definition) is 3. The molecule has 0 atom stereocenters. The van der Waals surface area contributed by atoms with Crippen LogP contribution >= 0.6 is 12.2 Å². The third-order valence-electron chi connectivity index (χ3n) is 2.72. The van der Waals surface area contributed by atoms with Gasteiger partial charge in [0.25, 0.3) is 5.91 Å². The van der Waals surface area contributed by atoms with Crippen LogP contribution in [0.5, 0.6) is 5.75 Å². The fourth-order valence-corrected chi connectivity index (χ4v) is 1.94. The number of furan rings is 1. The van der Waals surface area contributed by atoms with E-state index in [-0.39, 0.29) is 28.8 Å². The highest BCUT2D eigenvalue weighted by atomic mass is 32.1. The van der Waals surface area contributed by atoms with Gasteiger partial charge in [-0.1, -0.05) is 0 Å². The first-order valence-electron chi connectivity index (χ1n) is 6.67. The predicted molar refractivity (Wildman–Crippen MR) is 86.5 cm³/mol. The maximum atomic E-state index is 11.7. The molecule has 0 unspecified atom stereocenters. The van der Waals surface area contributed by atoms with Crippen molar-refractivity contribution >= 4 is 34.9 Å². The minimum absolute atomic E-state index is 0.0229. The van der Waals surface area contributed by atoms with Gasteiger partial charge >= 0.3 is 5.97 Å². The highest BCUT2D eigenvalue weighted by Crippen LogP contribution is 2.22. The average molecular weight is 334 g/mol. The van der Waals surface area contributed by atoms with Gasteiger partial charge in [0.2, 0.25) is 0 Å². The summed E-state index contributed by atoms with van der Waals surface area (Å²) in [5, 5.41) is 15.0. The van der Waals surface area contributed by atoms with Gasteiger partial charge in [-0.25, -0.2) is 4.79 Å². The molecule has 1 heterocycles. The van der Waals surface area contributed by atoms with Crippen molar-refractivity contribution < 1.29 is 23.8 Å². The number of ether oxygens (including phenoxy) is 1. The van der Waals surface area contributed by atoms with Crippen LogP contribution < -0.4 is 10.6 Å². The van der Waals surface area contributed by atoms with Gasteiger partial charge in [0.05, 0.1) is 12.9 Å². The Labute approximate surface area is 137 Å². The SMILES string of the molecule is CCOC(=O)c1ccc(NC(=S)NC(=O)c2ccco2)cc1O. The quantitative estimate of drug-likeness (QED) is 0.582. The van der Waals surface area contributed by atoms with Crippen molar-refractivity contribution in [2.45, 2.75) is 6.92 Å². The number of thiocarbonyl (C=S) groups is 1. The number of rotatable bonds is 4. The molecule has 0 saturated carbocycles. The first-order valence-corrected chi connectivity index (χ1v) is 7.08. The first kappa shape index (κ1) is 16.5. The lowest BCUT2D eigenvalue weighted by Crippen LogP contribution is -2.33. The Morgan fingerprint density at radius 1 is 1.35 bits per heavy atom. The summed E-state index contributed by atoms with van der Waals surface area (Å²) in [6, 6.07) is 7.30. The van der Waals surface area contributed by atoms with Crippen molar-refractivity contribution in [3.05, 3.63) is 47.9 Å². The van der Waals surface area contributed by atoms with Crippen molar-refractivity contribution in [3.8, 4) is 5.75 Å². The Hall–Kier alpha value is -2.87. The molecule has 3 N–H and O–H groups in total. The van der Waals surface area contributed by atoms with E-state index in [1.54, 1.807) is 13.0 Å². The van der Waals surface area contributed by atoms with E-state index >= 15 is 0 Å². The molecule has 0 aliphatic heterocycles. The van der Waals surface area contributed by atoms with Crippen molar-refractivity contribution in [3.63, 3.8) is 0 Å². The maximum Gasteiger partial charge on any atom is 0.341 e. The molecule has 0 spiro atoms. The molecule has 2 aromatic rings. The van der Waals surface area contributed by atoms with E-state index in [2.05, 4.69) is 10.6 Å². The lowest BCUT2D eigenvalue weighted by Gasteiger charge is -2.10. The van der Waals surface area contributed by atoms with E-state index in [0.29, 0.717) is 5.69 Å². The third-order valence-corrected chi connectivity index (χ3v) is 2.93. The fraction of sp³-hybridized carbons (Fsp3) is 0.133. The fourth-order valence-electron chi connectivity index (χ4n) is 1.73. The number of amides is 1. The molecule has 0 bridgehead atoms. The number of hydrogen-bond acceptors (Lipinski definition) is 6. The number of anilines is 1. The van der Waals surface area contributed by atoms with Crippen LogP contribution in [-0.4, -0.2) is 28.7 Å². The average Bonchev–Trinajstić information content (AvgIpc) is 3.01. The van der Waals surface area contributed by atoms with Gasteiger partial charge in [0.15, 0.2) is 10.9 Å². The number of carbonyl (C=O) groups is 2. The van der Waals surface area contributed by atoms with Crippen LogP contribution in [0.15, 0.2) is 41.0 Å². The summed E-state index contributed by atoms with van der Waals surface area (Å²) in [7, 11) is 0. The minimum Gasteiger partial charge on any atom is -0.507 e. The molecule has 1 amide bonds. The smallest absolute Gasteiger partial charge is 0.341 e. The topological polar surface area (TPSA) is 101 Å². The van der Waals surface area contributed by atoms with E-state index in [0.717, 1.165) is 0 Å². The normalized spacial score (nSPS) is 9.96. The molecule has 1 aromatic heterocycles. The molecule has 2 rings (SSSR count). The molecule has 7 nitrogen and oxygen atoms in total. The minimum atomic E-state index is -0.620. The predicted octanol–water partition coefficient (Wildman–Crippen LogP) is 2.29. The Morgan fingerprint density at radius 2 is 2.13 bits per heavy atom. The second-order valence-electron chi connectivity index (χ2n) is 4.34. The molecule has 0 saturated heterocycles. The van der Waals surface area contributed by atoms with Gasteiger partial charge in [0.1, 0.15) is 11.3 Å². The lowest BCUT2D eigenvalue weighted by molar-refractivity contribution is 0.0523. The highest BCUT2D eigenvalue weighted by molar-refractivity contribution is 7.80. The zero-order valence-corrected chi connectivity index (χ0v) is 13.0. The van der Waals surface area contributed by atoms with E-state index in [4.69, 9.17) is 21.4 Å². The van der Waals surface area contributed by atoms with Crippen LogP contribution in [0.3, 0.4) is 0 Å². The number of benzene rings is 1. The Morgan fingerprint density at radius 3 is 2.74 bits per heavy atom. The number of aromatic hydroxyl groups is 1.